The van der Waals surface area contributed by atoms with Crippen molar-refractivity contribution in [2.45, 2.75) is 244 Å². The van der Waals surface area contributed by atoms with Gasteiger partial charge >= 0.3 is 5.97 Å². The Kier molecular flexibility index (Phi) is 44.0. The van der Waals surface area contributed by atoms with Crippen LogP contribution in [0.2, 0.25) is 0 Å². The number of unbranched alkanes of at least 4 members (excludes halogenated alkanes) is 1. The predicted octanol–water partition coefficient (Wildman–Crippen LogP) is -5.57. The van der Waals surface area contributed by atoms with E-state index in [0.29, 0.717) is 24.0 Å². The van der Waals surface area contributed by atoms with Gasteiger partial charge in [-0.05, 0) is 124 Å². The molecule has 15 atom stereocenters. The van der Waals surface area contributed by atoms with Crippen molar-refractivity contribution in [1.82, 2.24) is 74.0 Å². The number of rotatable bonds is 52. The van der Waals surface area contributed by atoms with E-state index >= 15 is 0 Å². The molecule has 3 rings (SSSR count). The zero-order valence-electron chi connectivity index (χ0n) is 69.9. The van der Waals surface area contributed by atoms with Gasteiger partial charge in [0.2, 0.25) is 94.5 Å². The van der Waals surface area contributed by atoms with Crippen molar-refractivity contribution in [3.05, 3.63) is 65.7 Å². The first-order chi connectivity index (χ1) is 56.3. The highest BCUT2D eigenvalue weighted by Gasteiger charge is 2.42. The van der Waals surface area contributed by atoms with E-state index in [2.05, 4.69) is 86.7 Å². The highest BCUT2D eigenvalue weighted by Crippen LogP contribution is 2.22. The number of carbonyl (C=O) groups is 17. The van der Waals surface area contributed by atoms with Crippen LogP contribution in [0.25, 0.3) is 0 Å². The Bertz CT molecular complexity index is 3870. The molecule has 0 bridgehead atoms. The number of phenolic OH excluding ortho intramolecular Hbond substituents is 1. The first-order valence-electron chi connectivity index (χ1n) is 39.9. The number of aromatic hydroxyl groups is 1. The molecule has 1 aliphatic rings. The zero-order chi connectivity index (χ0) is 90.5. The Morgan fingerprint density at radius 3 is 1.32 bits per heavy atom. The molecular weight excluding hydrogens is 1580 g/mol. The van der Waals surface area contributed by atoms with Crippen molar-refractivity contribution in [1.29, 1.82) is 0 Å². The molecule has 42 heteroatoms. The van der Waals surface area contributed by atoms with Crippen LogP contribution in [-0.4, -0.2) is 249 Å². The monoisotopic (exact) mass is 1710 g/mol. The standard InChI is InChI=1S/C78H125N21O20S/c1-38(2)31-50(90-68(109)51(34-56(81)102)91-71(112)59(39(3)4)95-73(114)61(41(7)8)94-70(111)54(37-120)87-58(104)36-86-64(105)47(80)32-45-24-26-46(101)27-25-45)67(108)89-49(22-17-29-85-78(83)84)65(106)88-48(21-15-16-28-79)66(107)98-63(43(11)100)75(116)97-62(42(9)10)74(115)96-60(40(5)6)72(113)92-52(35-57(82)103)69(110)93-53(33-44-19-13-12-14-20-44)76(117)99-30-18-23-55(99)77(118)119/h12-14,19-20,24-27,38-43,47-55,59-63,100-101,120H,15-18,21-23,28-37,79-80H2,1-11H3,(H2,81,102)(H2,82,103)(H,86,105)(H,87,104)(H,88,106)(H,89,108)(H,90,109)(H,91,112)(H,92,113)(H,93,110)(H,94,111)(H,95,114)(H,96,115)(H,97,116)(H,98,107)(H,118,119)(H4,83,84,85)/t43-,47+,48+,49+,50+,51+,52+,53+,54+,55+,59+,60+,61+,62+,63+/m1/s1. The molecule has 668 valence electrons. The number of nitrogens with two attached hydrogens (primary N) is 6. The van der Waals surface area contributed by atoms with Crippen LogP contribution in [0.3, 0.4) is 0 Å². The zero-order valence-corrected chi connectivity index (χ0v) is 70.7. The highest BCUT2D eigenvalue weighted by atomic mass is 32.1. The van der Waals surface area contributed by atoms with E-state index in [1.165, 1.54) is 53.7 Å². The summed E-state index contributed by atoms with van der Waals surface area (Å²) in [5.41, 5.74) is 35.4. The molecule has 120 heavy (non-hydrogen) atoms. The molecule has 1 fully saturated rings. The number of phenols is 1. The molecule has 2 aromatic rings. The number of likely N-dealkylation sites (tertiary alicyclic amines) is 1. The molecule has 1 aliphatic heterocycles. The largest absolute Gasteiger partial charge is 0.508 e. The fourth-order valence-electron chi connectivity index (χ4n) is 12.7. The Hall–Kier alpha value is -11.3. The number of carboxylic acid groups (broad SMARTS) is 1. The van der Waals surface area contributed by atoms with Gasteiger partial charge in [-0.25, -0.2) is 4.79 Å². The number of benzene rings is 2. The number of guanidine groups is 1. The highest BCUT2D eigenvalue weighted by molar-refractivity contribution is 7.80. The molecule has 28 N–H and O–H groups in total. The Labute approximate surface area is 703 Å². The lowest BCUT2D eigenvalue weighted by Gasteiger charge is -2.31. The van der Waals surface area contributed by atoms with Crippen LogP contribution in [0.1, 0.15) is 151 Å². The first kappa shape index (κ1) is 103. The van der Waals surface area contributed by atoms with Gasteiger partial charge < -0.3 is 124 Å². The SMILES string of the molecule is CC(C)C[C@H](NC(=O)[C@H](CC(N)=O)NC(=O)[C@@H](NC(=O)[C@@H](NC(=O)[C@H](CS)NC(=O)CNC(=O)[C@@H](N)Cc1ccc(O)cc1)C(C)C)C(C)C)C(=O)N[C@@H](CCCN=C(N)N)C(=O)N[C@@H](CCCCN)C(=O)N[C@H](C(=O)N[C@H](C(=O)N[C@H](C(=O)N[C@@H](CC(N)=O)C(=O)N[C@@H](Cc1ccccc1)C(=O)N1CCC[C@H]1C(=O)O)C(C)C)C(C)C)[C@@H](C)O. The maximum absolute atomic E-state index is 14.7. The molecule has 1 heterocycles. The number of thiol groups is 1. The van der Waals surface area contributed by atoms with Gasteiger partial charge in [-0.15, -0.1) is 0 Å². The minimum atomic E-state index is -1.87. The van der Waals surface area contributed by atoms with Crippen molar-refractivity contribution in [2.24, 2.45) is 69.0 Å². The van der Waals surface area contributed by atoms with Crippen LogP contribution in [0, 0.1) is 29.6 Å². The van der Waals surface area contributed by atoms with Gasteiger partial charge in [0.05, 0.1) is 31.5 Å². The quantitative estimate of drug-likeness (QED) is 0.0127. The van der Waals surface area contributed by atoms with Gasteiger partial charge in [-0.1, -0.05) is 112 Å². The smallest absolute Gasteiger partial charge is 0.326 e. The van der Waals surface area contributed by atoms with Crippen LogP contribution < -0.4 is 104 Å². The third kappa shape index (κ3) is 35.3. The summed E-state index contributed by atoms with van der Waals surface area (Å²) in [5.74, 6) is -20.7. The molecular formula is C78H125N21O20S. The summed E-state index contributed by atoms with van der Waals surface area (Å²) in [6, 6.07) is -6.52. The summed E-state index contributed by atoms with van der Waals surface area (Å²) < 4.78 is 0. The molecule has 0 aromatic heterocycles. The third-order valence-electron chi connectivity index (χ3n) is 19.3. The van der Waals surface area contributed by atoms with Gasteiger partial charge in [-0.3, -0.25) is 81.7 Å². The number of primary amides is 2. The Morgan fingerprint density at radius 1 is 0.475 bits per heavy atom. The number of aliphatic hydroxyl groups excluding tert-OH is 1. The fourth-order valence-corrected chi connectivity index (χ4v) is 13.0. The molecule has 16 amide bonds. The summed E-state index contributed by atoms with van der Waals surface area (Å²) >= 11 is 4.20. The number of carboxylic acids is 1. The van der Waals surface area contributed by atoms with Crippen LogP contribution in [-0.2, 0) is 94.3 Å². The maximum atomic E-state index is 14.7. The van der Waals surface area contributed by atoms with E-state index in [1.807, 2.05) is 0 Å². The van der Waals surface area contributed by atoms with Crippen LogP contribution in [0.4, 0.5) is 0 Å². The van der Waals surface area contributed by atoms with Gasteiger partial charge in [0.25, 0.3) is 0 Å². The lowest BCUT2D eigenvalue weighted by molar-refractivity contribution is -0.149. The van der Waals surface area contributed by atoms with Crippen LogP contribution in [0.5, 0.6) is 5.75 Å². The molecule has 41 nitrogen and oxygen atoms in total. The second-order valence-corrected chi connectivity index (χ2v) is 31.8. The average molecular weight is 1710 g/mol. The predicted molar refractivity (Wildman–Crippen MR) is 443 cm³/mol. The molecule has 0 spiro atoms. The molecule has 0 saturated carbocycles. The summed E-state index contributed by atoms with van der Waals surface area (Å²) in [6.07, 6.45) is -2.91. The number of nitrogens with zero attached hydrogens (tertiary/aromatic N) is 2. The van der Waals surface area contributed by atoms with Crippen molar-refractivity contribution in [3.8, 4) is 5.75 Å². The molecule has 0 radical (unpaired) electrons. The molecule has 1 saturated heterocycles. The second kappa shape index (κ2) is 51.3. The summed E-state index contributed by atoms with van der Waals surface area (Å²) in [5, 5.41) is 63.3. The van der Waals surface area contributed by atoms with E-state index in [1.54, 1.807) is 70.2 Å². The number of aliphatic hydroxyl groups is 1. The summed E-state index contributed by atoms with van der Waals surface area (Å²) in [4.78, 5) is 240. The van der Waals surface area contributed by atoms with Crippen LogP contribution in [0.15, 0.2) is 59.6 Å². The lowest BCUT2D eigenvalue weighted by atomic mass is 9.98. The van der Waals surface area contributed by atoms with E-state index in [4.69, 9.17) is 34.4 Å². The maximum Gasteiger partial charge on any atom is 0.326 e. The van der Waals surface area contributed by atoms with Crippen molar-refractivity contribution >= 4 is 119 Å². The van der Waals surface area contributed by atoms with Crippen LogP contribution >= 0.6 is 12.6 Å². The van der Waals surface area contributed by atoms with Crippen molar-refractivity contribution in [2.75, 3.05) is 31.9 Å². The van der Waals surface area contributed by atoms with Gasteiger partial charge in [0, 0.05) is 25.3 Å². The normalized spacial score (nSPS) is 16.1. The number of hydrogen-bond donors (Lipinski definition) is 23. The summed E-state index contributed by atoms with van der Waals surface area (Å²) in [7, 11) is 0. The number of hydrogen-bond acceptors (Lipinski definition) is 23. The topological polar surface area (TPSA) is 679 Å². The van der Waals surface area contributed by atoms with E-state index in [-0.39, 0.29) is 88.5 Å². The third-order valence-corrected chi connectivity index (χ3v) is 19.7. The van der Waals surface area contributed by atoms with E-state index < -0.39 is 240 Å². The van der Waals surface area contributed by atoms with Crippen molar-refractivity contribution < 1.29 is 96.8 Å². The summed E-state index contributed by atoms with van der Waals surface area (Å²) in [6.45, 7) is 16.4. The number of carbonyl (C=O) groups excluding carboxylic acids is 16. The van der Waals surface area contributed by atoms with Gasteiger partial charge in [-0.2, -0.15) is 12.6 Å². The van der Waals surface area contributed by atoms with E-state index in [0.717, 1.165) is 11.8 Å². The number of aliphatic imine (C=N–C) groups is 1. The van der Waals surface area contributed by atoms with E-state index in [9.17, 15) is 96.8 Å². The second-order valence-electron chi connectivity index (χ2n) is 31.4. The average Bonchev–Trinajstić information content (AvgIpc) is 1.62. The minimum absolute atomic E-state index is 0.00620. The number of nitrogens with one attached hydrogen (secondary N) is 13. The Balaban J connectivity index is 1.87. The first-order valence-corrected chi connectivity index (χ1v) is 40.6. The molecule has 0 aliphatic carbocycles. The lowest BCUT2D eigenvalue weighted by Crippen LogP contribution is -2.63. The minimum Gasteiger partial charge on any atom is -0.508 e. The molecule has 2 aromatic carbocycles. The fraction of sp³-hybridized carbons (Fsp3) is 0.615. The Morgan fingerprint density at radius 2 is 0.875 bits per heavy atom. The van der Waals surface area contributed by atoms with Gasteiger partial charge in [0.1, 0.15) is 84.3 Å². The molecule has 0 unspecified atom stereocenters. The van der Waals surface area contributed by atoms with Crippen molar-refractivity contribution in [3.63, 3.8) is 0 Å². The number of amides is 16. The number of aliphatic carboxylic acids is 1. The van der Waals surface area contributed by atoms with Gasteiger partial charge in [0.15, 0.2) is 5.96 Å².